The van der Waals surface area contributed by atoms with E-state index in [4.69, 9.17) is 23.2 Å². The van der Waals surface area contributed by atoms with Crippen LogP contribution in [0.1, 0.15) is 17.2 Å². The Kier molecular flexibility index (Phi) is 4.06. The quantitative estimate of drug-likeness (QED) is 0.880. The Bertz CT molecular complexity index is 511. The van der Waals surface area contributed by atoms with Gasteiger partial charge in [-0.15, -0.1) is 0 Å². The smallest absolute Gasteiger partial charge is 0.0831 e. The first-order valence-corrected chi connectivity index (χ1v) is 6.09. The zero-order chi connectivity index (χ0) is 12.3. The Morgan fingerprint density at radius 1 is 1.00 bits per heavy atom. The van der Waals surface area contributed by atoms with Crippen LogP contribution in [0.25, 0.3) is 0 Å². The molecular weight excluding hydrogens is 255 g/mol. The van der Waals surface area contributed by atoms with E-state index in [0.29, 0.717) is 16.5 Å². The third kappa shape index (κ3) is 3.22. The third-order valence-corrected chi connectivity index (χ3v) is 3.21. The average molecular weight is 267 g/mol. The van der Waals surface area contributed by atoms with Crippen LogP contribution in [0.4, 0.5) is 0 Å². The largest absolute Gasteiger partial charge is 0.388 e. The summed E-state index contributed by atoms with van der Waals surface area (Å²) in [6, 6.07) is 14.7. The van der Waals surface area contributed by atoms with Gasteiger partial charge in [0.25, 0.3) is 0 Å². The Labute approximate surface area is 111 Å². The molecule has 0 bridgehead atoms. The molecule has 0 spiro atoms. The van der Waals surface area contributed by atoms with E-state index in [9.17, 15) is 5.11 Å². The molecule has 17 heavy (non-hydrogen) atoms. The van der Waals surface area contributed by atoms with Crippen LogP contribution < -0.4 is 0 Å². The molecule has 0 saturated carbocycles. The first-order chi connectivity index (χ1) is 8.16. The standard InChI is InChI=1S/C14H12Cl2O/c15-12-6-3-5-11(8-12)14(17)9-10-4-1-2-7-13(10)16/h1-8,14,17H,9H2. The van der Waals surface area contributed by atoms with Crippen molar-refractivity contribution in [1.29, 1.82) is 0 Å². The Hall–Kier alpha value is -1.02. The summed E-state index contributed by atoms with van der Waals surface area (Å²) in [6.07, 6.45) is -0.103. The number of aliphatic hydroxyl groups is 1. The molecule has 1 atom stereocenters. The number of halogens is 2. The maximum absolute atomic E-state index is 10.1. The van der Waals surface area contributed by atoms with E-state index in [1.54, 1.807) is 12.1 Å². The fraction of sp³-hybridized carbons (Fsp3) is 0.143. The molecule has 0 heterocycles. The van der Waals surface area contributed by atoms with E-state index < -0.39 is 6.10 Å². The minimum absolute atomic E-state index is 0.486. The van der Waals surface area contributed by atoms with Gasteiger partial charge in [0, 0.05) is 16.5 Å². The summed E-state index contributed by atoms with van der Waals surface area (Å²) in [5.74, 6) is 0. The summed E-state index contributed by atoms with van der Waals surface area (Å²) in [6.45, 7) is 0. The second-order valence-corrected chi connectivity index (χ2v) is 4.71. The van der Waals surface area contributed by atoms with Crippen LogP contribution in [0.5, 0.6) is 0 Å². The van der Waals surface area contributed by atoms with Gasteiger partial charge in [0.1, 0.15) is 0 Å². The molecular formula is C14H12Cl2O. The Balaban J connectivity index is 2.17. The molecule has 0 radical (unpaired) electrons. The van der Waals surface area contributed by atoms with E-state index in [1.165, 1.54) is 0 Å². The van der Waals surface area contributed by atoms with E-state index in [1.807, 2.05) is 36.4 Å². The van der Waals surface area contributed by atoms with E-state index in [-0.39, 0.29) is 0 Å². The van der Waals surface area contributed by atoms with Crippen molar-refractivity contribution in [3.8, 4) is 0 Å². The molecule has 0 aliphatic rings. The minimum Gasteiger partial charge on any atom is -0.388 e. The van der Waals surface area contributed by atoms with Crippen molar-refractivity contribution in [2.45, 2.75) is 12.5 Å². The van der Waals surface area contributed by atoms with Crippen LogP contribution in [0.15, 0.2) is 48.5 Å². The molecule has 1 N–H and O–H groups in total. The molecule has 0 amide bonds. The highest BCUT2D eigenvalue weighted by Crippen LogP contribution is 2.24. The molecule has 88 valence electrons. The van der Waals surface area contributed by atoms with Crippen LogP contribution in [-0.2, 0) is 6.42 Å². The molecule has 2 aromatic rings. The molecule has 0 aliphatic heterocycles. The van der Waals surface area contributed by atoms with Crippen LogP contribution in [0.3, 0.4) is 0 Å². The van der Waals surface area contributed by atoms with Crippen LogP contribution in [-0.4, -0.2) is 5.11 Å². The zero-order valence-corrected chi connectivity index (χ0v) is 10.6. The molecule has 0 aliphatic carbocycles. The first-order valence-electron chi connectivity index (χ1n) is 5.34. The van der Waals surface area contributed by atoms with Gasteiger partial charge in [-0.3, -0.25) is 0 Å². The summed E-state index contributed by atoms with van der Waals surface area (Å²) in [5.41, 5.74) is 1.74. The van der Waals surface area contributed by atoms with Crippen molar-refractivity contribution >= 4 is 23.2 Å². The number of hydrogen-bond acceptors (Lipinski definition) is 1. The van der Waals surface area contributed by atoms with Gasteiger partial charge >= 0.3 is 0 Å². The van der Waals surface area contributed by atoms with Crippen LogP contribution >= 0.6 is 23.2 Å². The zero-order valence-electron chi connectivity index (χ0n) is 9.11. The van der Waals surface area contributed by atoms with Crippen molar-refractivity contribution in [3.05, 3.63) is 69.7 Å². The summed E-state index contributed by atoms with van der Waals surface area (Å²) in [5, 5.41) is 11.4. The Morgan fingerprint density at radius 3 is 2.47 bits per heavy atom. The van der Waals surface area contributed by atoms with Crippen LogP contribution in [0.2, 0.25) is 10.0 Å². The monoisotopic (exact) mass is 266 g/mol. The van der Waals surface area contributed by atoms with Gasteiger partial charge in [0.05, 0.1) is 6.10 Å². The molecule has 2 aromatic carbocycles. The molecule has 1 unspecified atom stereocenters. The molecule has 0 saturated heterocycles. The molecule has 0 aromatic heterocycles. The highest BCUT2D eigenvalue weighted by molar-refractivity contribution is 6.31. The van der Waals surface area contributed by atoms with Gasteiger partial charge in [-0.1, -0.05) is 53.5 Å². The van der Waals surface area contributed by atoms with Gasteiger partial charge in [-0.25, -0.2) is 0 Å². The number of benzene rings is 2. The number of aliphatic hydroxyl groups excluding tert-OH is 1. The van der Waals surface area contributed by atoms with E-state index in [2.05, 4.69) is 0 Å². The normalized spacial score (nSPS) is 12.4. The Morgan fingerprint density at radius 2 is 1.76 bits per heavy atom. The maximum atomic E-state index is 10.1. The van der Waals surface area contributed by atoms with Gasteiger partial charge in [0.2, 0.25) is 0 Å². The van der Waals surface area contributed by atoms with E-state index in [0.717, 1.165) is 11.1 Å². The van der Waals surface area contributed by atoms with Crippen molar-refractivity contribution in [3.63, 3.8) is 0 Å². The first kappa shape index (κ1) is 12.4. The molecule has 0 fully saturated rings. The predicted molar refractivity (Wildman–Crippen MR) is 71.6 cm³/mol. The lowest BCUT2D eigenvalue weighted by atomic mass is 10.0. The van der Waals surface area contributed by atoms with Gasteiger partial charge in [-0.2, -0.15) is 0 Å². The number of hydrogen-bond donors (Lipinski definition) is 1. The maximum Gasteiger partial charge on any atom is 0.0831 e. The summed E-state index contributed by atoms with van der Waals surface area (Å²) >= 11 is 11.9. The highest BCUT2D eigenvalue weighted by atomic mass is 35.5. The van der Waals surface area contributed by atoms with Crippen LogP contribution in [0, 0.1) is 0 Å². The SMILES string of the molecule is OC(Cc1ccccc1Cl)c1cccc(Cl)c1. The molecule has 1 nitrogen and oxygen atoms in total. The highest BCUT2D eigenvalue weighted by Gasteiger charge is 2.10. The fourth-order valence-corrected chi connectivity index (χ4v) is 2.12. The topological polar surface area (TPSA) is 20.2 Å². The second-order valence-electron chi connectivity index (χ2n) is 3.87. The van der Waals surface area contributed by atoms with Gasteiger partial charge in [0.15, 0.2) is 0 Å². The molecule has 2 rings (SSSR count). The summed E-state index contributed by atoms with van der Waals surface area (Å²) in [7, 11) is 0. The lowest BCUT2D eigenvalue weighted by Crippen LogP contribution is -2.02. The van der Waals surface area contributed by atoms with Crippen molar-refractivity contribution in [2.75, 3.05) is 0 Å². The lowest BCUT2D eigenvalue weighted by Gasteiger charge is -2.12. The second kappa shape index (κ2) is 5.54. The average Bonchev–Trinajstić information content (AvgIpc) is 2.32. The fourth-order valence-electron chi connectivity index (χ4n) is 1.70. The summed E-state index contributed by atoms with van der Waals surface area (Å²) < 4.78 is 0. The summed E-state index contributed by atoms with van der Waals surface area (Å²) in [4.78, 5) is 0. The van der Waals surface area contributed by atoms with Crippen molar-refractivity contribution < 1.29 is 5.11 Å². The third-order valence-electron chi connectivity index (χ3n) is 2.60. The van der Waals surface area contributed by atoms with Crippen molar-refractivity contribution in [2.24, 2.45) is 0 Å². The number of rotatable bonds is 3. The lowest BCUT2D eigenvalue weighted by molar-refractivity contribution is 0.178. The van der Waals surface area contributed by atoms with Gasteiger partial charge < -0.3 is 5.11 Å². The molecule has 3 heteroatoms. The predicted octanol–water partition coefficient (Wildman–Crippen LogP) is 4.27. The van der Waals surface area contributed by atoms with Gasteiger partial charge in [-0.05, 0) is 29.3 Å². The minimum atomic E-state index is -0.589. The van der Waals surface area contributed by atoms with E-state index >= 15 is 0 Å². The van der Waals surface area contributed by atoms with Crippen molar-refractivity contribution in [1.82, 2.24) is 0 Å².